The molecule has 4 nitrogen and oxygen atoms in total. The van der Waals surface area contributed by atoms with E-state index in [2.05, 4.69) is 0 Å². The number of hydrogen-bond acceptors (Lipinski definition) is 4. The lowest BCUT2D eigenvalue weighted by atomic mass is 9.83. The van der Waals surface area contributed by atoms with Crippen LogP contribution in [0, 0.1) is 0 Å². The van der Waals surface area contributed by atoms with E-state index in [1.54, 1.807) is 0 Å². The zero-order valence-corrected chi connectivity index (χ0v) is 12.3. The van der Waals surface area contributed by atoms with Gasteiger partial charge in [-0.3, -0.25) is 0 Å². The van der Waals surface area contributed by atoms with Crippen molar-refractivity contribution in [1.82, 2.24) is 0 Å². The molecule has 1 aromatic rings. The quantitative estimate of drug-likeness (QED) is 0.870. The Morgan fingerprint density at radius 2 is 1.90 bits per heavy atom. The van der Waals surface area contributed by atoms with Gasteiger partial charge in [0.2, 0.25) is 0 Å². The molecule has 0 aromatic heterocycles. The SMILES string of the molecule is CCOc1ccccc1C(O)C1(OCC)CCOCC1. The Labute approximate surface area is 120 Å². The first-order valence-corrected chi connectivity index (χ1v) is 7.35. The Hall–Kier alpha value is -1.10. The number of hydrogen-bond donors (Lipinski definition) is 1. The second-order valence-corrected chi connectivity index (χ2v) is 4.98. The van der Waals surface area contributed by atoms with Crippen LogP contribution in [-0.4, -0.2) is 37.1 Å². The van der Waals surface area contributed by atoms with E-state index in [1.165, 1.54) is 0 Å². The predicted molar refractivity (Wildman–Crippen MR) is 77.0 cm³/mol. The molecule has 1 N–H and O–H groups in total. The highest BCUT2D eigenvalue weighted by atomic mass is 16.5. The van der Waals surface area contributed by atoms with Crippen molar-refractivity contribution < 1.29 is 19.3 Å². The van der Waals surface area contributed by atoms with Gasteiger partial charge in [0.05, 0.1) is 6.61 Å². The molecule has 1 heterocycles. The van der Waals surface area contributed by atoms with Crippen LogP contribution in [-0.2, 0) is 9.47 Å². The van der Waals surface area contributed by atoms with E-state index < -0.39 is 11.7 Å². The summed E-state index contributed by atoms with van der Waals surface area (Å²) in [5, 5.41) is 10.9. The molecule has 1 aliphatic heterocycles. The molecule has 4 heteroatoms. The van der Waals surface area contributed by atoms with Crippen LogP contribution in [0.3, 0.4) is 0 Å². The van der Waals surface area contributed by atoms with Gasteiger partial charge in [0, 0.05) is 38.2 Å². The van der Waals surface area contributed by atoms with Gasteiger partial charge in [0.25, 0.3) is 0 Å². The van der Waals surface area contributed by atoms with Gasteiger partial charge in [0.15, 0.2) is 0 Å². The second-order valence-electron chi connectivity index (χ2n) is 4.98. The summed E-state index contributed by atoms with van der Waals surface area (Å²) in [4.78, 5) is 0. The lowest BCUT2D eigenvalue weighted by Crippen LogP contribution is -2.44. The van der Waals surface area contributed by atoms with E-state index in [4.69, 9.17) is 14.2 Å². The molecule has 112 valence electrons. The van der Waals surface area contributed by atoms with Gasteiger partial charge in [-0.2, -0.15) is 0 Å². The molecular formula is C16H24O4. The summed E-state index contributed by atoms with van der Waals surface area (Å²) in [7, 11) is 0. The third-order valence-electron chi connectivity index (χ3n) is 3.78. The van der Waals surface area contributed by atoms with Crippen LogP contribution in [0.2, 0.25) is 0 Å². The molecule has 0 bridgehead atoms. The number of rotatable bonds is 6. The van der Waals surface area contributed by atoms with E-state index in [0.717, 1.165) is 11.3 Å². The first kappa shape index (κ1) is 15.3. The fraction of sp³-hybridized carbons (Fsp3) is 0.625. The lowest BCUT2D eigenvalue weighted by Gasteiger charge is -2.41. The fourth-order valence-corrected chi connectivity index (χ4v) is 2.78. The zero-order valence-electron chi connectivity index (χ0n) is 12.3. The molecule has 2 rings (SSSR count). The average Bonchev–Trinajstić information content (AvgIpc) is 2.49. The van der Waals surface area contributed by atoms with Crippen LogP contribution >= 0.6 is 0 Å². The van der Waals surface area contributed by atoms with E-state index in [-0.39, 0.29) is 0 Å². The molecule has 0 saturated carbocycles. The molecular weight excluding hydrogens is 256 g/mol. The Kier molecular flexibility index (Phi) is 5.40. The molecule has 1 fully saturated rings. The first-order chi connectivity index (χ1) is 9.73. The number of benzene rings is 1. The van der Waals surface area contributed by atoms with Crippen molar-refractivity contribution in [3.63, 3.8) is 0 Å². The van der Waals surface area contributed by atoms with Gasteiger partial charge in [-0.15, -0.1) is 0 Å². The molecule has 0 amide bonds. The zero-order chi connectivity index (χ0) is 14.4. The molecule has 1 saturated heterocycles. The maximum atomic E-state index is 10.9. The van der Waals surface area contributed by atoms with Crippen LogP contribution in [0.15, 0.2) is 24.3 Å². The standard InChI is InChI=1S/C16H24O4/c1-3-19-14-8-6-5-7-13(14)15(17)16(20-4-2)9-11-18-12-10-16/h5-8,15,17H,3-4,9-12H2,1-2H3. The smallest absolute Gasteiger partial charge is 0.125 e. The average molecular weight is 280 g/mol. The summed E-state index contributed by atoms with van der Waals surface area (Å²) < 4.78 is 17.0. The van der Waals surface area contributed by atoms with Gasteiger partial charge < -0.3 is 19.3 Å². The van der Waals surface area contributed by atoms with Gasteiger partial charge in [-0.25, -0.2) is 0 Å². The maximum absolute atomic E-state index is 10.9. The second kappa shape index (κ2) is 7.07. The Morgan fingerprint density at radius 3 is 2.55 bits per heavy atom. The largest absolute Gasteiger partial charge is 0.493 e. The van der Waals surface area contributed by atoms with Crippen molar-refractivity contribution in [2.24, 2.45) is 0 Å². The molecule has 1 unspecified atom stereocenters. The third kappa shape index (κ3) is 3.14. The maximum Gasteiger partial charge on any atom is 0.125 e. The molecule has 0 aliphatic carbocycles. The van der Waals surface area contributed by atoms with Crippen molar-refractivity contribution in [3.05, 3.63) is 29.8 Å². The minimum Gasteiger partial charge on any atom is -0.493 e. The lowest BCUT2D eigenvalue weighted by molar-refractivity contribution is -0.168. The molecule has 1 atom stereocenters. The van der Waals surface area contributed by atoms with Gasteiger partial charge in [0.1, 0.15) is 17.5 Å². The minimum atomic E-state index is -0.700. The van der Waals surface area contributed by atoms with Gasteiger partial charge in [-0.05, 0) is 19.9 Å². The molecule has 1 aliphatic rings. The summed E-state index contributed by atoms with van der Waals surface area (Å²) in [5.41, 5.74) is 0.227. The van der Waals surface area contributed by atoms with Crippen LogP contribution in [0.1, 0.15) is 38.4 Å². The Balaban J connectivity index is 2.29. The Bertz CT molecular complexity index is 407. The number of ether oxygens (including phenoxy) is 3. The van der Waals surface area contributed by atoms with E-state index in [0.29, 0.717) is 39.3 Å². The normalized spacial score (nSPS) is 19.6. The van der Waals surface area contributed by atoms with E-state index in [1.807, 2.05) is 38.1 Å². The fourth-order valence-electron chi connectivity index (χ4n) is 2.78. The van der Waals surface area contributed by atoms with Crippen molar-refractivity contribution >= 4 is 0 Å². The van der Waals surface area contributed by atoms with Crippen molar-refractivity contribution in [3.8, 4) is 5.75 Å². The highest BCUT2D eigenvalue weighted by Crippen LogP contribution is 2.40. The number of para-hydroxylation sites is 1. The van der Waals surface area contributed by atoms with Crippen molar-refractivity contribution in [1.29, 1.82) is 0 Å². The molecule has 20 heavy (non-hydrogen) atoms. The monoisotopic (exact) mass is 280 g/mol. The summed E-state index contributed by atoms with van der Waals surface area (Å²) >= 11 is 0. The van der Waals surface area contributed by atoms with Crippen LogP contribution < -0.4 is 4.74 Å². The summed E-state index contributed by atoms with van der Waals surface area (Å²) in [6, 6.07) is 7.63. The van der Waals surface area contributed by atoms with Crippen LogP contribution in [0.4, 0.5) is 0 Å². The first-order valence-electron chi connectivity index (χ1n) is 7.35. The Morgan fingerprint density at radius 1 is 1.20 bits per heavy atom. The van der Waals surface area contributed by atoms with Gasteiger partial charge in [-0.1, -0.05) is 18.2 Å². The highest BCUT2D eigenvalue weighted by Gasteiger charge is 2.42. The summed E-state index contributed by atoms with van der Waals surface area (Å²) in [6.07, 6.45) is 0.694. The van der Waals surface area contributed by atoms with Crippen molar-refractivity contribution in [2.75, 3.05) is 26.4 Å². The van der Waals surface area contributed by atoms with Crippen LogP contribution in [0.5, 0.6) is 5.75 Å². The third-order valence-corrected chi connectivity index (χ3v) is 3.78. The topological polar surface area (TPSA) is 47.9 Å². The minimum absolute atomic E-state index is 0.569. The number of aliphatic hydroxyl groups excluding tert-OH is 1. The van der Waals surface area contributed by atoms with Crippen molar-refractivity contribution in [2.45, 2.75) is 38.4 Å². The van der Waals surface area contributed by atoms with Crippen LogP contribution in [0.25, 0.3) is 0 Å². The van der Waals surface area contributed by atoms with E-state index in [9.17, 15) is 5.11 Å². The predicted octanol–water partition coefficient (Wildman–Crippen LogP) is 2.70. The summed E-state index contributed by atoms with van der Waals surface area (Å²) in [5.74, 6) is 0.730. The highest BCUT2D eigenvalue weighted by molar-refractivity contribution is 5.36. The molecule has 0 radical (unpaired) electrons. The number of aliphatic hydroxyl groups is 1. The van der Waals surface area contributed by atoms with E-state index >= 15 is 0 Å². The molecule has 0 spiro atoms. The summed E-state index contributed by atoms with van der Waals surface area (Å²) in [6.45, 7) is 6.29. The molecule has 1 aromatic carbocycles. The van der Waals surface area contributed by atoms with Gasteiger partial charge >= 0.3 is 0 Å².